The molecule has 0 radical (unpaired) electrons. The number of aromatic nitrogens is 1. The van der Waals surface area contributed by atoms with Gasteiger partial charge in [-0.1, -0.05) is 0 Å². The topological polar surface area (TPSA) is 210 Å². The maximum absolute atomic E-state index is 14.4. The molecule has 2 heterocycles. The molecule has 5 N–H and O–H groups in total. The van der Waals surface area contributed by atoms with E-state index in [4.69, 9.17) is 19.3 Å². The third-order valence-corrected chi connectivity index (χ3v) is 8.85. The number of esters is 1. The number of furan rings is 1. The molecule has 1 amide bonds. The van der Waals surface area contributed by atoms with Crippen LogP contribution in [-0.4, -0.2) is 88.5 Å². The first-order valence-electron chi connectivity index (χ1n) is 14.2. The number of carbonyl (C=O) groups excluding carboxylic acids is 4. The van der Waals surface area contributed by atoms with Crippen LogP contribution in [0, 0.1) is 11.8 Å². The van der Waals surface area contributed by atoms with Crippen molar-refractivity contribution in [2.24, 2.45) is 17.6 Å². The van der Waals surface area contributed by atoms with Gasteiger partial charge in [0.1, 0.15) is 35.0 Å². The van der Waals surface area contributed by atoms with Gasteiger partial charge in [-0.05, 0) is 56.6 Å². The number of amides is 1. The van der Waals surface area contributed by atoms with Crippen molar-refractivity contribution >= 4 is 40.2 Å². The third kappa shape index (κ3) is 4.35. The number of nitrogens with zero attached hydrogens (tertiary/aromatic N) is 3. The number of anilines is 1. The second-order valence-electron chi connectivity index (χ2n) is 12.0. The van der Waals surface area contributed by atoms with E-state index < -0.39 is 64.0 Å². The van der Waals surface area contributed by atoms with E-state index in [2.05, 4.69) is 4.98 Å². The predicted octanol–water partition coefficient (Wildman–Crippen LogP) is 1.95. The number of rotatable bonds is 6. The zero-order chi connectivity index (χ0) is 32.7. The van der Waals surface area contributed by atoms with Gasteiger partial charge in [-0.25, -0.2) is 4.98 Å². The molecule has 4 atom stereocenters. The van der Waals surface area contributed by atoms with Gasteiger partial charge in [0.15, 0.2) is 22.7 Å². The lowest BCUT2D eigenvalue weighted by atomic mass is 9.58. The number of nitrogens with two attached hydrogens (primary N) is 1. The molecule has 0 saturated heterocycles. The fourth-order valence-corrected chi connectivity index (χ4v) is 6.93. The number of aliphatic hydroxyl groups is 3. The Kier molecular flexibility index (Phi) is 6.89. The summed E-state index contributed by atoms with van der Waals surface area (Å²) in [5, 5.41) is 34.5. The number of fused-ring (bicyclic) bond motifs is 5. The summed E-state index contributed by atoms with van der Waals surface area (Å²) < 4.78 is 16.8. The van der Waals surface area contributed by atoms with Crippen molar-refractivity contribution < 1.29 is 48.1 Å². The van der Waals surface area contributed by atoms with Gasteiger partial charge in [-0.15, -0.1) is 0 Å². The van der Waals surface area contributed by atoms with Crippen molar-refractivity contribution in [2.75, 3.05) is 33.1 Å². The number of oxazole rings is 1. The number of aliphatic hydroxyl groups excluding tert-OH is 2. The van der Waals surface area contributed by atoms with Gasteiger partial charge in [0.25, 0.3) is 11.8 Å². The minimum atomic E-state index is -2.69. The fourth-order valence-electron chi connectivity index (χ4n) is 6.93. The Bertz CT molecular complexity index is 1880. The second-order valence-corrected chi connectivity index (χ2v) is 12.0. The number of hydrogen-bond donors (Lipinski definition) is 4. The summed E-state index contributed by atoms with van der Waals surface area (Å²) in [6.45, 7) is 1.18. The molecule has 1 aromatic carbocycles. The van der Waals surface area contributed by atoms with E-state index in [9.17, 15) is 34.5 Å². The Morgan fingerprint density at radius 2 is 1.87 bits per heavy atom. The Labute approximate surface area is 256 Å². The highest BCUT2D eigenvalue weighted by molar-refractivity contribution is 6.25. The first-order chi connectivity index (χ1) is 21.2. The standard InChI is InChI=1S/C31H32N4O10/c1-12(36)43-11-14-6-7-19(44-14)30-33-17-10-18(34(2)3)15-8-13-9-16-23(35(4)5)25(38)22(29(32)41)28(40)31(16,42)27(39)20(13)24(37)21(15)26(17)45-30/h6-7,10,13,16,23,38-39,42H,8-9,11H2,1-5H3,(H2,32,41)/t13-,16-,23-,31-/m0/s1. The van der Waals surface area contributed by atoms with E-state index in [0.717, 1.165) is 0 Å². The summed E-state index contributed by atoms with van der Waals surface area (Å²) in [5.41, 5.74) is 3.52. The molecular formula is C31H32N4O10. The van der Waals surface area contributed by atoms with Crippen molar-refractivity contribution in [3.8, 4) is 11.7 Å². The smallest absolute Gasteiger partial charge is 0.303 e. The summed E-state index contributed by atoms with van der Waals surface area (Å²) in [6, 6.07) is 3.90. The van der Waals surface area contributed by atoms with Crippen molar-refractivity contribution in [2.45, 2.75) is 38.0 Å². The van der Waals surface area contributed by atoms with Gasteiger partial charge >= 0.3 is 5.97 Å². The van der Waals surface area contributed by atoms with Crippen molar-refractivity contribution in [3.63, 3.8) is 0 Å². The lowest BCUT2D eigenvalue weighted by molar-refractivity contribution is -0.148. The molecule has 0 bridgehead atoms. The van der Waals surface area contributed by atoms with Gasteiger partial charge in [0.05, 0.1) is 11.6 Å². The van der Waals surface area contributed by atoms with Crippen LogP contribution in [0.3, 0.4) is 0 Å². The molecule has 3 aliphatic rings. The lowest BCUT2D eigenvalue weighted by Crippen LogP contribution is -2.63. The highest BCUT2D eigenvalue weighted by Gasteiger charge is 2.63. The summed E-state index contributed by atoms with van der Waals surface area (Å²) in [4.78, 5) is 59.3. The SMILES string of the molecule is CC(=O)OCc1ccc(-c2nc3cc(N(C)C)c4c(c3o2)C(=O)C2=C(O)[C@]3(O)C(=O)C(C(N)=O)=C(O)[C@@H](N(C)C)[C@@H]3C[C@@H]2C4)o1. The van der Waals surface area contributed by atoms with E-state index >= 15 is 0 Å². The van der Waals surface area contributed by atoms with Crippen molar-refractivity contribution in [1.82, 2.24) is 9.88 Å². The van der Waals surface area contributed by atoms with Gasteiger partial charge in [0.2, 0.25) is 5.78 Å². The second kappa shape index (κ2) is 10.3. The Morgan fingerprint density at radius 1 is 1.16 bits per heavy atom. The Hall–Kier alpha value is -4.95. The van der Waals surface area contributed by atoms with Crippen LogP contribution >= 0.6 is 0 Å². The van der Waals surface area contributed by atoms with Crippen molar-refractivity contribution in [3.05, 3.63) is 57.8 Å². The minimum absolute atomic E-state index is 0.0236. The van der Waals surface area contributed by atoms with E-state index in [1.54, 1.807) is 46.4 Å². The number of allylic oxidation sites excluding steroid dienone is 1. The number of ketones is 2. The minimum Gasteiger partial charge on any atom is -0.510 e. The summed E-state index contributed by atoms with van der Waals surface area (Å²) in [6.07, 6.45) is 0.247. The fraction of sp³-hybridized carbons (Fsp3) is 0.387. The molecule has 14 heteroatoms. The molecular weight excluding hydrogens is 588 g/mol. The molecule has 0 unspecified atom stereocenters. The molecule has 45 heavy (non-hydrogen) atoms. The zero-order valence-corrected chi connectivity index (χ0v) is 25.2. The monoisotopic (exact) mass is 620 g/mol. The van der Waals surface area contributed by atoms with Gasteiger partial charge in [-0.2, -0.15) is 0 Å². The summed E-state index contributed by atoms with van der Waals surface area (Å²) >= 11 is 0. The number of benzene rings is 1. The van der Waals surface area contributed by atoms with Crippen LogP contribution in [0.25, 0.3) is 22.8 Å². The molecule has 14 nitrogen and oxygen atoms in total. The summed E-state index contributed by atoms with van der Waals surface area (Å²) in [5.74, 6) is -6.29. The van der Waals surface area contributed by atoms with Crippen LogP contribution in [0.2, 0.25) is 0 Å². The van der Waals surface area contributed by atoms with Gasteiger partial charge in [-0.3, -0.25) is 24.1 Å². The summed E-state index contributed by atoms with van der Waals surface area (Å²) in [7, 11) is 6.79. The number of ether oxygens (including phenoxy) is 1. The van der Waals surface area contributed by atoms with Crippen molar-refractivity contribution in [1.29, 1.82) is 0 Å². The molecule has 3 aromatic rings. The number of hydrogen-bond acceptors (Lipinski definition) is 13. The third-order valence-electron chi connectivity index (χ3n) is 8.85. The predicted molar refractivity (Wildman–Crippen MR) is 157 cm³/mol. The molecule has 0 fully saturated rings. The van der Waals surface area contributed by atoms with Crippen LogP contribution in [0.5, 0.6) is 0 Å². The van der Waals surface area contributed by atoms with E-state index in [0.29, 0.717) is 22.5 Å². The van der Waals surface area contributed by atoms with E-state index in [1.807, 2.05) is 4.90 Å². The first kappa shape index (κ1) is 30.1. The number of primary amides is 1. The molecule has 6 rings (SSSR count). The van der Waals surface area contributed by atoms with Crippen LogP contribution in [0.15, 0.2) is 49.7 Å². The molecule has 236 valence electrons. The molecule has 2 aromatic heterocycles. The van der Waals surface area contributed by atoms with Crippen LogP contribution in [0.1, 0.15) is 35.0 Å². The lowest BCUT2D eigenvalue weighted by Gasteiger charge is -2.50. The van der Waals surface area contributed by atoms with Gasteiger partial charge in [0, 0.05) is 38.2 Å². The van der Waals surface area contributed by atoms with E-state index in [1.165, 1.54) is 11.8 Å². The quantitative estimate of drug-likeness (QED) is 0.230. The highest BCUT2D eigenvalue weighted by atomic mass is 16.5. The van der Waals surface area contributed by atoms with Crippen LogP contribution in [0.4, 0.5) is 5.69 Å². The van der Waals surface area contributed by atoms with E-state index in [-0.39, 0.29) is 47.8 Å². The normalized spacial score (nSPS) is 24.6. The van der Waals surface area contributed by atoms with Crippen LogP contribution in [-0.2, 0) is 32.1 Å². The average Bonchev–Trinajstić information content (AvgIpc) is 3.60. The maximum atomic E-state index is 14.4. The Balaban J connectivity index is 1.52. The number of carbonyl (C=O) groups is 4. The first-order valence-corrected chi connectivity index (χ1v) is 14.2. The van der Waals surface area contributed by atoms with Gasteiger partial charge < -0.3 is 39.5 Å². The number of Topliss-reactive ketones (excluding diaryl/α,β-unsaturated/α-hetero) is 2. The molecule has 0 aliphatic heterocycles. The zero-order valence-electron chi connectivity index (χ0n) is 25.2. The maximum Gasteiger partial charge on any atom is 0.303 e. The molecule has 0 saturated carbocycles. The number of likely N-dealkylation sites (N-methyl/N-ethyl adjacent to an activating group) is 1. The Morgan fingerprint density at radius 3 is 2.49 bits per heavy atom. The average molecular weight is 621 g/mol. The van der Waals surface area contributed by atoms with Crippen LogP contribution < -0.4 is 10.6 Å². The molecule has 3 aliphatic carbocycles. The highest BCUT2D eigenvalue weighted by Crippen LogP contribution is 2.53. The molecule has 0 spiro atoms. The largest absolute Gasteiger partial charge is 0.510 e.